The average Bonchev–Trinajstić information content (AvgIpc) is 2.86. The van der Waals surface area contributed by atoms with E-state index in [1.54, 1.807) is 6.08 Å². The summed E-state index contributed by atoms with van der Waals surface area (Å²) >= 11 is 0. The Balaban J connectivity index is 2.13. The van der Waals surface area contributed by atoms with Gasteiger partial charge in [-0.2, -0.15) is 0 Å². The highest BCUT2D eigenvalue weighted by atomic mass is 16.5. The third-order valence-corrected chi connectivity index (χ3v) is 2.33. The van der Waals surface area contributed by atoms with Crippen LogP contribution in [-0.4, -0.2) is 24.4 Å². The Hall–Kier alpha value is -2.32. The van der Waals surface area contributed by atoms with Gasteiger partial charge in [-0.3, -0.25) is 5.41 Å². The number of hydrogen-bond donors (Lipinski definition) is 2. The van der Waals surface area contributed by atoms with E-state index < -0.39 is 0 Å². The predicted octanol–water partition coefficient (Wildman–Crippen LogP) is 1.75. The second-order valence-corrected chi connectivity index (χ2v) is 3.51. The van der Waals surface area contributed by atoms with Crippen LogP contribution in [0.5, 0.6) is 5.75 Å². The molecular weight excluding hydrogens is 214 g/mol. The van der Waals surface area contributed by atoms with Crippen LogP contribution in [0.4, 0.5) is 0 Å². The highest BCUT2D eigenvalue weighted by molar-refractivity contribution is 5.92. The maximum Gasteiger partial charge on any atom is 0.174 e. The van der Waals surface area contributed by atoms with Gasteiger partial charge in [-0.25, -0.2) is 4.99 Å². The van der Waals surface area contributed by atoms with Crippen LogP contribution >= 0.6 is 0 Å². The van der Waals surface area contributed by atoms with Crippen molar-refractivity contribution in [2.45, 2.75) is 6.10 Å². The van der Waals surface area contributed by atoms with Crippen molar-refractivity contribution in [1.29, 1.82) is 5.41 Å². The van der Waals surface area contributed by atoms with Gasteiger partial charge >= 0.3 is 0 Å². The van der Waals surface area contributed by atoms with Crippen molar-refractivity contribution in [3.8, 4) is 5.75 Å². The Labute approximate surface area is 99.8 Å². The minimum absolute atomic E-state index is 0.330. The van der Waals surface area contributed by atoms with Gasteiger partial charge < -0.3 is 10.1 Å². The number of amidine groups is 1. The van der Waals surface area contributed by atoms with Crippen molar-refractivity contribution in [1.82, 2.24) is 5.32 Å². The molecule has 1 aliphatic rings. The van der Waals surface area contributed by atoms with Crippen LogP contribution in [0.2, 0.25) is 0 Å². The lowest BCUT2D eigenvalue weighted by Crippen LogP contribution is -2.34. The highest BCUT2D eigenvalue weighted by Gasteiger charge is 2.19. The predicted molar refractivity (Wildman–Crippen MR) is 67.7 cm³/mol. The molecule has 1 heterocycles. The molecule has 0 saturated carbocycles. The van der Waals surface area contributed by atoms with E-state index in [9.17, 15) is 0 Å². The molecule has 1 unspecified atom stereocenters. The Morgan fingerprint density at radius 3 is 2.82 bits per heavy atom. The molecule has 2 rings (SSSR count). The van der Waals surface area contributed by atoms with Crippen molar-refractivity contribution in [3.63, 3.8) is 0 Å². The zero-order chi connectivity index (χ0) is 12.1. The van der Waals surface area contributed by atoms with Crippen molar-refractivity contribution < 1.29 is 4.74 Å². The first-order valence-electron chi connectivity index (χ1n) is 5.29. The molecule has 17 heavy (non-hydrogen) atoms. The van der Waals surface area contributed by atoms with E-state index in [2.05, 4.69) is 22.8 Å². The molecule has 0 bridgehead atoms. The fraction of sp³-hybridized carbons (Fsp3) is 0.154. The number of nitrogens with one attached hydrogen (secondary N) is 2. The van der Waals surface area contributed by atoms with Crippen LogP contribution in [0.25, 0.3) is 0 Å². The normalized spacial score (nSPS) is 15.5. The number of aliphatic imine (C=N–C) groups is 1. The third kappa shape index (κ3) is 2.62. The Morgan fingerprint density at radius 1 is 1.47 bits per heavy atom. The lowest BCUT2D eigenvalue weighted by Gasteiger charge is -2.15. The van der Waals surface area contributed by atoms with Crippen LogP contribution in [0.15, 0.2) is 53.7 Å². The number of para-hydroxylation sites is 1. The van der Waals surface area contributed by atoms with Crippen LogP contribution in [-0.2, 0) is 0 Å². The van der Waals surface area contributed by atoms with Crippen LogP contribution in [0.3, 0.4) is 0 Å². The van der Waals surface area contributed by atoms with Crippen LogP contribution in [0, 0.1) is 5.41 Å². The van der Waals surface area contributed by atoms with Crippen LogP contribution < -0.4 is 10.1 Å². The fourth-order valence-electron chi connectivity index (χ4n) is 1.50. The summed E-state index contributed by atoms with van der Waals surface area (Å²) in [6.07, 6.45) is 1.34. The Morgan fingerprint density at radius 2 is 2.24 bits per heavy atom. The van der Waals surface area contributed by atoms with Gasteiger partial charge in [0, 0.05) is 5.87 Å². The molecule has 0 fully saturated rings. The van der Waals surface area contributed by atoms with Gasteiger partial charge in [0.1, 0.15) is 17.3 Å². The molecule has 4 nitrogen and oxygen atoms in total. The van der Waals surface area contributed by atoms with Crippen molar-refractivity contribution in [2.75, 3.05) is 6.54 Å². The van der Waals surface area contributed by atoms with Gasteiger partial charge in [0.25, 0.3) is 0 Å². The number of hydrogen-bond acceptors (Lipinski definition) is 4. The molecule has 1 aromatic carbocycles. The molecule has 86 valence electrons. The lowest BCUT2D eigenvalue weighted by molar-refractivity contribution is 0.310. The van der Waals surface area contributed by atoms with Gasteiger partial charge in [-0.1, -0.05) is 24.8 Å². The summed E-state index contributed by atoms with van der Waals surface area (Å²) in [5.74, 6) is 3.69. The molecule has 1 aromatic rings. The molecule has 0 saturated heterocycles. The number of benzene rings is 1. The van der Waals surface area contributed by atoms with E-state index >= 15 is 0 Å². The number of rotatable bonds is 4. The minimum atomic E-state index is -0.330. The zero-order valence-corrected chi connectivity index (χ0v) is 9.31. The Kier molecular flexibility index (Phi) is 3.38. The van der Waals surface area contributed by atoms with Gasteiger partial charge in [-0.15, -0.1) is 0 Å². The SMILES string of the molecule is C=CC(Oc1ccccc1)C1=NC(=C=N)CN1. The lowest BCUT2D eigenvalue weighted by atomic mass is 10.3. The number of nitrogens with zero attached hydrogens (tertiary/aromatic N) is 1. The fourth-order valence-corrected chi connectivity index (χ4v) is 1.50. The molecular formula is C13H13N3O. The van der Waals surface area contributed by atoms with E-state index in [1.165, 1.54) is 0 Å². The summed E-state index contributed by atoms with van der Waals surface area (Å²) < 4.78 is 5.73. The van der Waals surface area contributed by atoms with Crippen molar-refractivity contribution in [2.24, 2.45) is 4.99 Å². The molecule has 1 atom stereocenters. The van der Waals surface area contributed by atoms with E-state index in [0.717, 1.165) is 5.75 Å². The summed E-state index contributed by atoms with van der Waals surface area (Å²) in [6.45, 7) is 4.25. The van der Waals surface area contributed by atoms with E-state index in [4.69, 9.17) is 10.1 Å². The second kappa shape index (κ2) is 5.14. The maximum atomic E-state index is 7.01. The first kappa shape index (κ1) is 11.2. The highest BCUT2D eigenvalue weighted by Crippen LogP contribution is 2.13. The summed E-state index contributed by atoms with van der Waals surface area (Å²) in [6, 6.07) is 9.49. The van der Waals surface area contributed by atoms with Gasteiger partial charge in [0.2, 0.25) is 0 Å². The van der Waals surface area contributed by atoms with E-state index in [1.807, 2.05) is 30.3 Å². The maximum absolute atomic E-state index is 7.01. The van der Waals surface area contributed by atoms with E-state index in [-0.39, 0.29) is 6.10 Å². The summed E-state index contributed by atoms with van der Waals surface area (Å²) in [5.41, 5.74) is 0.573. The van der Waals surface area contributed by atoms with Gasteiger partial charge in [0.05, 0.1) is 6.54 Å². The van der Waals surface area contributed by atoms with Crippen molar-refractivity contribution >= 4 is 11.7 Å². The van der Waals surface area contributed by atoms with E-state index in [0.29, 0.717) is 18.1 Å². The largest absolute Gasteiger partial charge is 0.478 e. The Bertz CT molecular complexity index is 487. The standard InChI is InChI=1S/C13H13N3O/c1-2-12(13-15-9-10(8-14)16-13)17-11-6-4-3-5-7-11/h2-7,12,14H,1,9H2,(H,15,16). The first-order valence-corrected chi connectivity index (χ1v) is 5.29. The topological polar surface area (TPSA) is 57.5 Å². The molecule has 0 aromatic heterocycles. The quantitative estimate of drug-likeness (QED) is 0.608. The third-order valence-electron chi connectivity index (χ3n) is 2.33. The molecule has 0 amide bonds. The smallest absolute Gasteiger partial charge is 0.174 e. The van der Waals surface area contributed by atoms with Gasteiger partial charge in [-0.05, 0) is 18.2 Å². The summed E-state index contributed by atoms with van der Waals surface area (Å²) in [7, 11) is 0. The monoisotopic (exact) mass is 227 g/mol. The summed E-state index contributed by atoms with van der Waals surface area (Å²) in [4.78, 5) is 4.20. The van der Waals surface area contributed by atoms with Gasteiger partial charge in [0.15, 0.2) is 6.10 Å². The minimum Gasteiger partial charge on any atom is -0.478 e. The number of ether oxygens (including phenoxy) is 1. The molecule has 1 aliphatic heterocycles. The average molecular weight is 227 g/mol. The second-order valence-electron chi connectivity index (χ2n) is 3.51. The molecule has 2 N–H and O–H groups in total. The zero-order valence-electron chi connectivity index (χ0n) is 9.31. The molecule has 4 heteroatoms. The first-order chi connectivity index (χ1) is 8.33. The van der Waals surface area contributed by atoms with Crippen molar-refractivity contribution in [3.05, 3.63) is 48.7 Å². The summed E-state index contributed by atoms with van der Waals surface area (Å²) in [5, 5.41) is 10.1. The van der Waals surface area contributed by atoms with Crippen LogP contribution in [0.1, 0.15) is 0 Å². The molecule has 0 aliphatic carbocycles. The molecule has 0 spiro atoms. The molecule has 0 radical (unpaired) electrons.